The second kappa shape index (κ2) is 11.2. The molecule has 2 aliphatic heterocycles. The number of nitrogens with zero attached hydrogens (tertiary/aromatic N) is 6. The maximum absolute atomic E-state index is 14.4. The van der Waals surface area contributed by atoms with Crippen molar-refractivity contribution in [2.24, 2.45) is 0 Å². The van der Waals surface area contributed by atoms with Crippen LogP contribution in [0.25, 0.3) is 0 Å². The van der Waals surface area contributed by atoms with Gasteiger partial charge in [0.1, 0.15) is 0 Å². The predicted octanol–water partition coefficient (Wildman–Crippen LogP) is 4.43. The molecule has 1 N–H and O–H groups in total. The highest BCUT2D eigenvalue weighted by molar-refractivity contribution is 5.98. The lowest BCUT2D eigenvalue weighted by Crippen LogP contribution is -2.48. The maximum atomic E-state index is 14.4. The lowest BCUT2D eigenvalue weighted by atomic mass is 9.81. The number of carbonyl (C=O) groups excluding carboxylic acids is 1. The minimum absolute atomic E-state index is 0.0187. The molecule has 0 unspecified atom stereocenters. The lowest BCUT2D eigenvalue weighted by molar-refractivity contribution is 0.0632. The third-order valence-corrected chi connectivity index (χ3v) is 9.82. The van der Waals surface area contributed by atoms with Crippen molar-refractivity contribution in [1.82, 2.24) is 29.2 Å². The summed E-state index contributed by atoms with van der Waals surface area (Å²) in [5.41, 5.74) is 5.02. The number of halogens is 1. The second-order valence-electron chi connectivity index (χ2n) is 12.7. The van der Waals surface area contributed by atoms with E-state index in [2.05, 4.69) is 41.8 Å². The highest BCUT2D eigenvalue weighted by atomic mass is 19.1. The van der Waals surface area contributed by atoms with E-state index in [-0.39, 0.29) is 23.1 Å². The monoisotopic (exact) mass is 587 g/mol. The fourth-order valence-corrected chi connectivity index (χ4v) is 7.20. The van der Waals surface area contributed by atoms with Crippen molar-refractivity contribution in [2.75, 3.05) is 51.7 Å². The third kappa shape index (κ3) is 5.40. The molecular formula is C33H42FN7O2. The molecule has 7 rings (SSSR count). The zero-order valence-corrected chi connectivity index (χ0v) is 25.5. The number of anilines is 1. The summed E-state index contributed by atoms with van der Waals surface area (Å²) < 4.78 is 21.9. The number of ether oxygens (including phenoxy) is 1. The van der Waals surface area contributed by atoms with Gasteiger partial charge in [-0.2, -0.15) is 0 Å². The molecule has 3 aromatic rings. The van der Waals surface area contributed by atoms with Crippen LogP contribution in [0.5, 0.6) is 5.75 Å². The van der Waals surface area contributed by atoms with E-state index in [9.17, 15) is 9.18 Å². The number of pyridine rings is 1. The van der Waals surface area contributed by atoms with Crippen LogP contribution in [-0.4, -0.2) is 87.6 Å². The summed E-state index contributed by atoms with van der Waals surface area (Å²) in [6, 6.07) is 6.58. The minimum Gasteiger partial charge on any atom is -0.491 e. The van der Waals surface area contributed by atoms with E-state index in [0.717, 1.165) is 68.7 Å². The van der Waals surface area contributed by atoms with E-state index >= 15 is 0 Å². The summed E-state index contributed by atoms with van der Waals surface area (Å²) >= 11 is 0. The van der Waals surface area contributed by atoms with Crippen molar-refractivity contribution >= 4 is 11.9 Å². The smallest absolute Gasteiger partial charge is 0.254 e. The molecule has 2 aromatic heterocycles. The van der Waals surface area contributed by atoms with E-state index in [4.69, 9.17) is 4.74 Å². The van der Waals surface area contributed by atoms with Crippen molar-refractivity contribution in [2.45, 2.75) is 70.1 Å². The summed E-state index contributed by atoms with van der Waals surface area (Å²) in [5, 5.41) is 3.17. The summed E-state index contributed by atoms with van der Waals surface area (Å²) in [4.78, 5) is 30.4. The van der Waals surface area contributed by atoms with Gasteiger partial charge in [-0.3, -0.25) is 19.6 Å². The molecular weight excluding hydrogens is 545 g/mol. The van der Waals surface area contributed by atoms with Gasteiger partial charge in [0.15, 0.2) is 11.6 Å². The van der Waals surface area contributed by atoms with Crippen LogP contribution in [0.4, 0.5) is 10.3 Å². The van der Waals surface area contributed by atoms with Gasteiger partial charge in [-0.05, 0) is 62.3 Å². The molecule has 4 aliphatic rings. The number of fused-ring (bicyclic) bond motifs is 2. The second-order valence-corrected chi connectivity index (χ2v) is 12.7. The molecule has 1 saturated heterocycles. The van der Waals surface area contributed by atoms with Gasteiger partial charge < -0.3 is 19.5 Å². The van der Waals surface area contributed by atoms with Crippen LogP contribution in [0.3, 0.4) is 0 Å². The van der Waals surface area contributed by atoms with E-state index in [1.807, 2.05) is 32.0 Å². The molecule has 43 heavy (non-hydrogen) atoms. The average Bonchev–Trinajstić information content (AvgIpc) is 3.95. The van der Waals surface area contributed by atoms with E-state index < -0.39 is 5.82 Å². The minimum atomic E-state index is -0.487. The van der Waals surface area contributed by atoms with Crippen molar-refractivity contribution in [3.8, 4) is 5.75 Å². The summed E-state index contributed by atoms with van der Waals surface area (Å²) in [6.07, 6.45) is 9.78. The first-order chi connectivity index (χ1) is 20.9. The average molecular weight is 588 g/mol. The van der Waals surface area contributed by atoms with Crippen LogP contribution in [0, 0.1) is 5.82 Å². The highest BCUT2D eigenvalue weighted by Crippen LogP contribution is 2.55. The Labute approximate surface area is 253 Å². The standard InChI is InChI=1S/C33H42FN7O2/c1-4-43-29-17-28(37-18-27(29)34)22(2)41-21-33(7-8-33)30-24(20-38-11-13-39(14-12-38)25-5-6-25)15-23(16-26(30)31(41)42)19-40-10-9-36-32(40)35-3/h9-10,15-18,22,25H,4-8,11-14,19-21H2,1-3H3,(H,35,36)/t22-/m0/s1. The quantitative estimate of drug-likeness (QED) is 0.376. The first-order valence-corrected chi connectivity index (χ1v) is 15.8. The molecule has 1 amide bonds. The first kappa shape index (κ1) is 28.3. The number of aromatic nitrogens is 3. The zero-order valence-electron chi connectivity index (χ0n) is 25.5. The van der Waals surface area contributed by atoms with Crippen LogP contribution < -0.4 is 10.1 Å². The van der Waals surface area contributed by atoms with Crippen molar-refractivity contribution in [3.05, 3.63) is 70.6 Å². The van der Waals surface area contributed by atoms with Gasteiger partial charge >= 0.3 is 0 Å². The largest absolute Gasteiger partial charge is 0.491 e. The zero-order chi connectivity index (χ0) is 29.7. The molecule has 1 atom stereocenters. The molecule has 228 valence electrons. The Morgan fingerprint density at radius 3 is 2.60 bits per heavy atom. The Morgan fingerprint density at radius 2 is 1.91 bits per heavy atom. The Balaban J connectivity index is 1.23. The number of imidazole rings is 1. The first-order valence-electron chi connectivity index (χ1n) is 15.8. The number of rotatable bonds is 10. The summed E-state index contributed by atoms with van der Waals surface area (Å²) in [5.74, 6) is 0.505. The molecule has 9 nitrogen and oxygen atoms in total. The molecule has 3 fully saturated rings. The number of amides is 1. The molecule has 1 spiro atoms. The Kier molecular flexibility index (Phi) is 7.37. The number of nitrogens with one attached hydrogen (secondary N) is 1. The van der Waals surface area contributed by atoms with Crippen LogP contribution in [0.2, 0.25) is 0 Å². The molecule has 1 aromatic carbocycles. The number of piperazine rings is 1. The van der Waals surface area contributed by atoms with Crippen LogP contribution in [0.15, 0.2) is 36.8 Å². The normalized spacial score (nSPS) is 20.7. The molecule has 4 heterocycles. The molecule has 0 radical (unpaired) electrons. The van der Waals surface area contributed by atoms with Crippen molar-refractivity contribution in [1.29, 1.82) is 0 Å². The molecule has 0 bridgehead atoms. The van der Waals surface area contributed by atoms with E-state index in [0.29, 0.717) is 25.4 Å². The van der Waals surface area contributed by atoms with Gasteiger partial charge in [0, 0.05) is 81.8 Å². The van der Waals surface area contributed by atoms with Gasteiger partial charge in [0.05, 0.1) is 31.1 Å². The van der Waals surface area contributed by atoms with Crippen LogP contribution in [-0.2, 0) is 18.5 Å². The SMILES string of the molecule is CCOc1cc([C@H](C)N2CC3(CC3)c3c(CN4CCN(C5CC5)CC4)cc(Cn4ccnc4NC)cc3C2=O)ncc1F. The fraction of sp³-hybridized carbons (Fsp3) is 0.545. The molecule has 2 saturated carbocycles. The van der Waals surface area contributed by atoms with Crippen molar-refractivity contribution in [3.63, 3.8) is 0 Å². The lowest BCUT2D eigenvalue weighted by Gasteiger charge is -2.41. The fourth-order valence-electron chi connectivity index (χ4n) is 7.20. The van der Waals surface area contributed by atoms with Crippen LogP contribution in [0.1, 0.15) is 78.3 Å². The Bertz CT molecular complexity index is 1510. The van der Waals surface area contributed by atoms with E-state index in [1.165, 1.54) is 30.2 Å². The van der Waals surface area contributed by atoms with Gasteiger partial charge in [-0.1, -0.05) is 6.07 Å². The van der Waals surface area contributed by atoms with Gasteiger partial charge in [0.2, 0.25) is 5.95 Å². The predicted molar refractivity (Wildman–Crippen MR) is 163 cm³/mol. The Hall–Kier alpha value is -3.50. The number of carbonyl (C=O) groups is 1. The van der Waals surface area contributed by atoms with Crippen molar-refractivity contribution < 1.29 is 13.9 Å². The molecule has 10 heteroatoms. The van der Waals surface area contributed by atoms with Gasteiger partial charge in [0.25, 0.3) is 5.91 Å². The molecule has 2 aliphatic carbocycles. The van der Waals surface area contributed by atoms with Gasteiger partial charge in [-0.15, -0.1) is 0 Å². The third-order valence-electron chi connectivity index (χ3n) is 9.82. The summed E-state index contributed by atoms with van der Waals surface area (Å²) in [7, 11) is 1.87. The maximum Gasteiger partial charge on any atom is 0.254 e. The van der Waals surface area contributed by atoms with Crippen LogP contribution >= 0.6 is 0 Å². The topological polar surface area (TPSA) is 78.8 Å². The van der Waals surface area contributed by atoms with Gasteiger partial charge in [-0.25, -0.2) is 9.37 Å². The van der Waals surface area contributed by atoms with E-state index in [1.54, 1.807) is 12.3 Å². The Morgan fingerprint density at radius 1 is 1.12 bits per heavy atom. The highest BCUT2D eigenvalue weighted by Gasteiger charge is 2.53. The number of benzene rings is 1. The number of hydrogen-bond acceptors (Lipinski definition) is 7. The summed E-state index contributed by atoms with van der Waals surface area (Å²) in [6.45, 7) is 10.7. The number of hydrogen-bond donors (Lipinski definition) is 1.